The van der Waals surface area contributed by atoms with E-state index in [-0.39, 0.29) is 10.8 Å². The lowest BCUT2D eigenvalue weighted by molar-refractivity contribution is -0.401. The fraction of sp³-hybridized carbons (Fsp3) is 0.500. The van der Waals surface area contributed by atoms with Crippen LogP contribution in [-0.2, 0) is 19.9 Å². The molecule has 0 saturated carbocycles. The average molecular weight is 656 g/mol. The van der Waals surface area contributed by atoms with Crippen LogP contribution in [0.4, 0.5) is 11.4 Å². The first-order valence-corrected chi connectivity index (χ1v) is 18.4. The molecule has 2 atom stereocenters. The van der Waals surface area contributed by atoms with Crippen molar-refractivity contribution in [2.24, 2.45) is 0 Å². The van der Waals surface area contributed by atoms with E-state index in [2.05, 4.69) is 162 Å². The number of anilines is 1. The third-order valence-electron chi connectivity index (χ3n) is 9.64. The minimum Gasteiger partial charge on any atom is -0.347 e. The summed E-state index contributed by atoms with van der Waals surface area (Å²) in [7, 11) is 3.17. The number of nitrogens with zero attached hydrogens (tertiary/aromatic N) is 4. The second-order valence-electron chi connectivity index (χ2n) is 14.0. The predicted molar refractivity (Wildman–Crippen MR) is 199 cm³/mol. The number of hydrogen-bond acceptors (Lipinski definition) is 5. The maximum absolute atomic E-state index is 8.99. The molecule has 0 aliphatic carbocycles. The summed E-state index contributed by atoms with van der Waals surface area (Å²) in [5.41, 5.74) is 7.89. The second-order valence-corrected chi connectivity index (χ2v) is 15.4. The Bertz CT molecular complexity index is 1520. The Morgan fingerprint density at radius 2 is 1.55 bits per heavy atom. The van der Waals surface area contributed by atoms with E-state index in [0.717, 1.165) is 25.7 Å². The molecule has 2 aromatic carbocycles. The molecule has 0 saturated heterocycles. The highest BCUT2D eigenvalue weighted by Gasteiger charge is 2.43. The van der Waals surface area contributed by atoms with Crippen LogP contribution < -0.4 is 4.90 Å². The summed E-state index contributed by atoms with van der Waals surface area (Å²) in [5, 5.41) is 8.99. The molecule has 252 valence electrons. The number of allylic oxidation sites excluding steroid dienone is 6. The molecule has 0 radical (unpaired) electrons. The zero-order valence-corrected chi connectivity index (χ0v) is 31.1. The molecule has 0 bridgehead atoms. The second kappa shape index (κ2) is 16.4. The van der Waals surface area contributed by atoms with Gasteiger partial charge in [-0.3, -0.25) is 0 Å². The normalized spacial score (nSPS) is 20.4. The number of rotatable bonds is 16. The Morgan fingerprint density at radius 1 is 0.894 bits per heavy atom. The van der Waals surface area contributed by atoms with Gasteiger partial charge in [-0.15, -0.1) is 0 Å². The Kier molecular flexibility index (Phi) is 12.8. The van der Waals surface area contributed by atoms with Gasteiger partial charge in [0.2, 0.25) is 5.69 Å². The van der Waals surface area contributed by atoms with E-state index in [1.165, 1.54) is 33.9 Å². The fourth-order valence-electron chi connectivity index (χ4n) is 7.30. The van der Waals surface area contributed by atoms with Crippen molar-refractivity contribution in [2.45, 2.75) is 103 Å². The summed E-state index contributed by atoms with van der Waals surface area (Å²) < 4.78 is 17.0. The zero-order chi connectivity index (χ0) is 34.2. The summed E-state index contributed by atoms with van der Waals surface area (Å²) in [4.78, 5) is 2.37. The van der Waals surface area contributed by atoms with Crippen LogP contribution in [0.3, 0.4) is 0 Å². The molecule has 2 aliphatic rings. The highest BCUT2D eigenvalue weighted by Crippen LogP contribution is 2.50. The number of unbranched alkanes of at least 4 members (excludes halogenated alkanes) is 2. The van der Waals surface area contributed by atoms with E-state index < -0.39 is 8.53 Å². The van der Waals surface area contributed by atoms with Crippen molar-refractivity contribution >= 4 is 25.6 Å². The molecule has 2 unspecified atom stereocenters. The number of nitriles is 1. The van der Waals surface area contributed by atoms with Crippen molar-refractivity contribution in [3.8, 4) is 6.07 Å². The number of para-hydroxylation sites is 2. The number of likely N-dealkylation sites (N-methyl/N-ethyl adjacent to an activating group) is 1. The molecule has 7 heteroatoms. The molecule has 0 amide bonds. The van der Waals surface area contributed by atoms with Crippen LogP contribution in [0.1, 0.15) is 91.7 Å². The van der Waals surface area contributed by atoms with E-state index in [1.54, 1.807) is 0 Å². The highest BCUT2D eigenvalue weighted by molar-refractivity contribution is 7.44. The average Bonchev–Trinajstić information content (AvgIpc) is 3.37. The van der Waals surface area contributed by atoms with Crippen molar-refractivity contribution in [2.75, 3.05) is 32.2 Å². The van der Waals surface area contributed by atoms with Crippen molar-refractivity contribution in [3.63, 3.8) is 0 Å². The molecule has 47 heavy (non-hydrogen) atoms. The van der Waals surface area contributed by atoms with Crippen LogP contribution in [0.5, 0.6) is 0 Å². The lowest BCUT2D eigenvalue weighted by Gasteiger charge is -2.35. The smallest absolute Gasteiger partial charge is 0.259 e. The van der Waals surface area contributed by atoms with E-state index >= 15 is 0 Å². The van der Waals surface area contributed by atoms with Gasteiger partial charge in [-0.2, -0.15) is 9.84 Å². The molecule has 2 aliphatic heterocycles. The van der Waals surface area contributed by atoms with Gasteiger partial charge in [0.05, 0.1) is 31.1 Å². The van der Waals surface area contributed by atoms with Crippen molar-refractivity contribution < 1.29 is 13.6 Å². The van der Waals surface area contributed by atoms with Gasteiger partial charge in [0.15, 0.2) is 5.71 Å². The SMILES string of the molecule is CC(C)N(C(C)C)P(OCCC#N)OCCCCCC1(C)\C(=C/C=C/C=C/C2=[N+](C)c3ccccc3C2(C)C)N(C)c2ccccc21. The van der Waals surface area contributed by atoms with Crippen LogP contribution in [0, 0.1) is 11.3 Å². The minimum atomic E-state index is -1.19. The van der Waals surface area contributed by atoms with Gasteiger partial charge in [0.25, 0.3) is 8.53 Å². The predicted octanol–water partition coefficient (Wildman–Crippen LogP) is 9.95. The van der Waals surface area contributed by atoms with Gasteiger partial charge in [-0.05, 0) is 79.0 Å². The van der Waals surface area contributed by atoms with Crippen LogP contribution in [0.15, 0.2) is 84.6 Å². The van der Waals surface area contributed by atoms with E-state index in [1.807, 2.05) is 0 Å². The lowest BCUT2D eigenvalue weighted by atomic mass is 9.77. The summed E-state index contributed by atoms with van der Waals surface area (Å²) in [6.07, 6.45) is 15.7. The standard InChI is InChI=1S/C40H56N4O2P/c1-31(2)44(32(3)4)47(46-30-20-28-41)45-29-19-11-18-27-40(7)34-22-15-17-24-36(34)43(9)38(40)26-13-10-12-25-37-39(5,6)33-21-14-16-23-35(33)42(37)8/h10,12-17,21-26,31-32H,11,18-20,27,29-30H2,1-9H3/q+1. The van der Waals surface area contributed by atoms with E-state index in [4.69, 9.17) is 14.3 Å². The maximum atomic E-state index is 8.99. The number of hydrogen-bond donors (Lipinski definition) is 0. The van der Waals surface area contributed by atoms with E-state index in [0.29, 0.717) is 31.7 Å². The largest absolute Gasteiger partial charge is 0.347 e. The van der Waals surface area contributed by atoms with Crippen molar-refractivity contribution in [1.29, 1.82) is 5.26 Å². The summed E-state index contributed by atoms with van der Waals surface area (Å²) >= 11 is 0. The Balaban J connectivity index is 1.40. The summed E-state index contributed by atoms with van der Waals surface area (Å²) in [6, 6.07) is 20.3. The van der Waals surface area contributed by atoms with Crippen LogP contribution >= 0.6 is 8.53 Å². The molecule has 0 spiro atoms. The third-order valence-corrected chi connectivity index (χ3v) is 11.8. The topological polar surface area (TPSA) is 51.7 Å². The molecule has 2 aromatic rings. The summed E-state index contributed by atoms with van der Waals surface area (Å²) in [6.45, 7) is 16.8. The first kappa shape index (κ1) is 36.8. The molecule has 0 N–H and O–H groups in total. The Labute approximate surface area is 286 Å². The third kappa shape index (κ3) is 8.15. The Hall–Kier alpha value is -3.07. The van der Waals surface area contributed by atoms with Gasteiger partial charge in [-0.25, -0.2) is 4.67 Å². The van der Waals surface area contributed by atoms with Gasteiger partial charge in [0.1, 0.15) is 7.05 Å². The Morgan fingerprint density at radius 3 is 2.23 bits per heavy atom. The first-order chi connectivity index (χ1) is 22.4. The van der Waals surface area contributed by atoms with Crippen LogP contribution in [-0.4, -0.2) is 54.4 Å². The van der Waals surface area contributed by atoms with Crippen molar-refractivity contribution in [3.05, 3.63) is 95.7 Å². The maximum Gasteiger partial charge on any atom is 0.259 e. The first-order valence-electron chi connectivity index (χ1n) is 17.3. The fourth-order valence-corrected chi connectivity index (χ4v) is 8.93. The molecular weight excluding hydrogens is 599 g/mol. The monoisotopic (exact) mass is 655 g/mol. The molecular formula is C40H56N4O2P+. The molecule has 0 aromatic heterocycles. The molecule has 2 heterocycles. The number of benzene rings is 2. The zero-order valence-electron chi connectivity index (χ0n) is 30.2. The van der Waals surface area contributed by atoms with Gasteiger partial charge in [-0.1, -0.05) is 67.5 Å². The van der Waals surface area contributed by atoms with Gasteiger partial charge in [0, 0.05) is 53.6 Å². The quantitative estimate of drug-likeness (QED) is 0.0780. The van der Waals surface area contributed by atoms with E-state index in [9.17, 15) is 0 Å². The van der Waals surface area contributed by atoms with Crippen molar-refractivity contribution in [1.82, 2.24) is 4.67 Å². The van der Waals surface area contributed by atoms with Gasteiger partial charge < -0.3 is 13.9 Å². The molecule has 6 nitrogen and oxygen atoms in total. The minimum absolute atomic E-state index is 0.0281. The molecule has 4 rings (SSSR count). The highest BCUT2D eigenvalue weighted by atomic mass is 31.2. The lowest BCUT2D eigenvalue weighted by Crippen LogP contribution is -2.33. The summed E-state index contributed by atoms with van der Waals surface area (Å²) in [5.74, 6) is 0. The van der Waals surface area contributed by atoms with Crippen LogP contribution in [0.25, 0.3) is 0 Å². The van der Waals surface area contributed by atoms with Crippen LogP contribution in [0.2, 0.25) is 0 Å². The molecule has 0 fully saturated rings. The number of fused-ring (bicyclic) bond motifs is 2. The van der Waals surface area contributed by atoms with Gasteiger partial charge >= 0.3 is 0 Å².